The molecule has 6 nitrogen and oxygen atoms in total. The van der Waals surface area contributed by atoms with E-state index in [4.69, 9.17) is 18.9 Å². The number of benzene rings is 15. The summed E-state index contributed by atoms with van der Waals surface area (Å²) in [4.78, 5) is 4.72. The van der Waals surface area contributed by atoms with Crippen molar-refractivity contribution >= 4 is 75.4 Å². The zero-order valence-corrected chi connectivity index (χ0v) is 54.1. The fourth-order valence-electron chi connectivity index (χ4n) is 18.5. The van der Waals surface area contributed by atoms with Crippen LogP contribution in [0.4, 0.5) is 34.1 Å². The highest BCUT2D eigenvalue weighted by atomic mass is 16.5. The minimum Gasteiger partial charge on any atom is -0.458 e. The molecule has 0 saturated heterocycles. The normalized spacial score (nSPS) is 14.2. The van der Waals surface area contributed by atoms with Crippen molar-refractivity contribution in [3.8, 4) is 90.5 Å². The number of rotatable bonds is 8. The zero-order valence-electron chi connectivity index (χ0n) is 54.1. The van der Waals surface area contributed by atoms with E-state index in [9.17, 15) is 0 Å². The molecule has 464 valence electrons. The molecule has 0 unspecified atom stereocenters. The van der Waals surface area contributed by atoms with Crippen LogP contribution in [0.3, 0.4) is 0 Å². The molecule has 15 aromatic carbocycles. The Morgan fingerprint density at radius 3 is 1.24 bits per heavy atom. The summed E-state index contributed by atoms with van der Waals surface area (Å²) in [5, 5.41) is 0. The van der Waals surface area contributed by atoms with Crippen LogP contribution in [0.2, 0.25) is 0 Å². The van der Waals surface area contributed by atoms with Crippen LogP contribution in [-0.2, 0) is 10.8 Å². The Hall–Kier alpha value is -12.8. The van der Waals surface area contributed by atoms with Crippen molar-refractivity contribution in [2.24, 2.45) is 0 Å². The van der Waals surface area contributed by atoms with Crippen molar-refractivity contribution in [1.29, 1.82) is 0 Å². The topological polar surface area (TPSA) is 43.4 Å². The molecule has 0 fully saturated rings. The highest BCUT2D eigenvalue weighted by Crippen LogP contribution is 2.65. The number of ether oxygens (including phenoxy) is 4. The van der Waals surface area contributed by atoms with Gasteiger partial charge in [-0.1, -0.05) is 237 Å². The van der Waals surface area contributed by atoms with E-state index in [-0.39, 0.29) is 6.71 Å². The smallest absolute Gasteiger partial charge is 0.256 e. The molecule has 7 aliphatic rings. The van der Waals surface area contributed by atoms with E-state index < -0.39 is 10.8 Å². The summed E-state index contributed by atoms with van der Waals surface area (Å²) >= 11 is 0. The van der Waals surface area contributed by atoms with Gasteiger partial charge in [0.05, 0.1) is 10.8 Å². The SMILES string of the molecule is B1c2cc3c(cc2Oc2cc(Oc4ccc5c(c4)C4(c6ccccc6-c6ccccc64)c4ccccc4-5)cc(N(c4ccccc4)c4ccccc4)c21)Oc1cc(Oc2ccc4c(c2)C2(c5ccccc5-c5ccccc52)c2ccccc2-4)cc2c1B3c1ccccc1N2c1ccccc1. The first kappa shape index (κ1) is 55.4. The molecule has 4 aliphatic carbocycles. The highest BCUT2D eigenvalue weighted by molar-refractivity contribution is 6.99. The van der Waals surface area contributed by atoms with Crippen LogP contribution in [0.5, 0.6) is 46.0 Å². The molecule has 0 radical (unpaired) electrons. The van der Waals surface area contributed by atoms with Gasteiger partial charge in [-0.3, -0.25) is 0 Å². The first-order valence-corrected chi connectivity index (χ1v) is 34.5. The van der Waals surface area contributed by atoms with Crippen molar-refractivity contribution in [2.45, 2.75) is 10.8 Å². The maximum Gasteiger partial charge on any atom is 0.256 e. The third-order valence-corrected chi connectivity index (χ3v) is 22.3. The molecule has 3 aliphatic heterocycles. The largest absolute Gasteiger partial charge is 0.458 e. The average Bonchev–Trinajstić information content (AvgIpc) is 1.48. The Kier molecular flexibility index (Phi) is 11.6. The number of hydrogen-bond donors (Lipinski definition) is 0. The molecular formula is C92H56B2N2O4. The molecule has 8 heteroatoms. The van der Waals surface area contributed by atoms with Crippen molar-refractivity contribution in [2.75, 3.05) is 9.80 Å². The van der Waals surface area contributed by atoms with Gasteiger partial charge in [0.15, 0.2) is 0 Å². The maximum atomic E-state index is 7.43. The Balaban J connectivity index is 0.684. The molecule has 100 heavy (non-hydrogen) atoms. The van der Waals surface area contributed by atoms with E-state index in [1.165, 1.54) is 94.5 Å². The van der Waals surface area contributed by atoms with Gasteiger partial charge >= 0.3 is 0 Å². The summed E-state index contributed by atoms with van der Waals surface area (Å²) in [6.07, 6.45) is 0. The lowest BCUT2D eigenvalue weighted by Crippen LogP contribution is -2.60. The zero-order chi connectivity index (χ0) is 65.4. The first-order valence-electron chi connectivity index (χ1n) is 34.5. The highest BCUT2D eigenvalue weighted by Gasteiger charge is 2.54. The molecule has 2 spiro atoms. The number of nitrogens with zero attached hydrogens (tertiary/aromatic N) is 2. The molecule has 15 aromatic rings. The van der Waals surface area contributed by atoms with Gasteiger partial charge < -0.3 is 28.7 Å². The van der Waals surface area contributed by atoms with E-state index in [0.29, 0.717) is 24.5 Å². The van der Waals surface area contributed by atoms with Crippen molar-refractivity contribution in [3.63, 3.8) is 0 Å². The number of para-hydroxylation sites is 4. The second-order valence-corrected chi connectivity index (χ2v) is 27.2. The third kappa shape index (κ3) is 7.59. The number of anilines is 6. The first-order chi connectivity index (χ1) is 49.6. The summed E-state index contributed by atoms with van der Waals surface area (Å²) in [6.45, 7) is -0.197. The van der Waals surface area contributed by atoms with E-state index >= 15 is 0 Å². The Labute approximate surface area is 580 Å². The monoisotopic (exact) mass is 1270 g/mol. The van der Waals surface area contributed by atoms with Crippen LogP contribution in [0.25, 0.3) is 44.5 Å². The molecule has 0 atom stereocenters. The van der Waals surface area contributed by atoms with Crippen LogP contribution in [0.1, 0.15) is 44.5 Å². The molecule has 3 heterocycles. The van der Waals surface area contributed by atoms with Crippen LogP contribution in [0, 0.1) is 0 Å². The number of fused-ring (bicyclic) bond motifs is 26. The van der Waals surface area contributed by atoms with Crippen molar-refractivity contribution in [3.05, 3.63) is 378 Å². The summed E-state index contributed by atoms with van der Waals surface area (Å²) in [5.41, 5.74) is 30.6. The molecule has 0 amide bonds. The molecule has 22 rings (SSSR count). The van der Waals surface area contributed by atoms with Gasteiger partial charge in [-0.2, -0.15) is 0 Å². The summed E-state index contributed by atoms with van der Waals surface area (Å²) in [6, 6.07) is 121. The molecular weight excluding hydrogens is 1220 g/mol. The Morgan fingerprint density at radius 1 is 0.310 bits per heavy atom. The second-order valence-electron chi connectivity index (χ2n) is 27.2. The van der Waals surface area contributed by atoms with Crippen LogP contribution >= 0.6 is 0 Å². The van der Waals surface area contributed by atoms with E-state index in [0.717, 1.165) is 84.7 Å². The maximum absolute atomic E-state index is 7.43. The Morgan fingerprint density at radius 2 is 0.730 bits per heavy atom. The van der Waals surface area contributed by atoms with E-state index in [1.54, 1.807) is 0 Å². The lowest BCUT2D eigenvalue weighted by Gasteiger charge is -2.40. The fraction of sp³-hybridized carbons (Fsp3) is 0.0217. The summed E-state index contributed by atoms with van der Waals surface area (Å²) in [5.74, 6) is 5.68. The van der Waals surface area contributed by atoms with Crippen molar-refractivity contribution < 1.29 is 18.9 Å². The predicted octanol–water partition coefficient (Wildman–Crippen LogP) is 19.3. The minimum atomic E-state index is -0.529. The quantitative estimate of drug-likeness (QED) is 0.141. The molecule has 0 bridgehead atoms. The van der Waals surface area contributed by atoms with Gasteiger partial charge in [0.2, 0.25) is 7.28 Å². The van der Waals surface area contributed by atoms with Gasteiger partial charge in [-0.25, -0.2) is 0 Å². The Bertz CT molecular complexity index is 5850. The van der Waals surface area contributed by atoms with Crippen LogP contribution in [0.15, 0.2) is 334 Å². The van der Waals surface area contributed by atoms with Crippen LogP contribution in [-0.4, -0.2) is 14.0 Å². The van der Waals surface area contributed by atoms with Gasteiger partial charge in [0, 0.05) is 64.5 Å². The lowest BCUT2D eigenvalue weighted by molar-refractivity contribution is 0.451. The lowest BCUT2D eigenvalue weighted by atomic mass is 9.33. The van der Waals surface area contributed by atoms with Gasteiger partial charge in [0.1, 0.15) is 46.0 Å². The predicted molar refractivity (Wildman–Crippen MR) is 406 cm³/mol. The van der Waals surface area contributed by atoms with Crippen LogP contribution < -0.4 is 56.1 Å². The minimum absolute atomic E-state index is 0.197. The third-order valence-electron chi connectivity index (χ3n) is 22.3. The standard InChI is InChI=1S/C92H56B2N2O4/c1-4-24-56(25-5-1)95(57-26-6-2-7-27-57)83-50-61(97-59-44-46-69-67-34-14-20-40-75(67)91(77(69)48-59)71-36-16-10-30-63(71)64-31-11-17-37-72(64)91)52-87-89(83)93-79-54-81-86(55-85(79)99-87)100-88-53-62(51-84-90(88)94(81)80-42-22-23-43-82(80)96(84)58-28-8-3-9-29-58)98-60-45-47-70-68-35-15-21-41-76(68)92(78(70)49-60)73-38-18-12-32-65(73)66-33-13-19-39-74(66)92/h1-55,93H. The van der Waals surface area contributed by atoms with Gasteiger partial charge in [-0.15, -0.1) is 0 Å². The van der Waals surface area contributed by atoms with E-state index in [2.05, 4.69) is 343 Å². The molecule has 0 N–H and O–H groups in total. The van der Waals surface area contributed by atoms with Gasteiger partial charge in [-0.05, 0) is 183 Å². The summed E-state index contributed by atoms with van der Waals surface area (Å²) in [7, 11) is 0.573. The fourth-order valence-corrected chi connectivity index (χ4v) is 18.5. The van der Waals surface area contributed by atoms with Gasteiger partial charge in [0.25, 0.3) is 6.71 Å². The summed E-state index contributed by atoms with van der Waals surface area (Å²) < 4.78 is 29.5. The average molecular weight is 1280 g/mol. The molecule has 0 aromatic heterocycles. The number of hydrogen-bond acceptors (Lipinski definition) is 6. The van der Waals surface area contributed by atoms with E-state index in [1.807, 2.05) is 0 Å². The van der Waals surface area contributed by atoms with Crippen molar-refractivity contribution in [1.82, 2.24) is 0 Å². The second kappa shape index (κ2) is 20.9. The molecule has 0 saturated carbocycles.